The molecule has 23 heavy (non-hydrogen) atoms. The summed E-state index contributed by atoms with van der Waals surface area (Å²) in [5.41, 5.74) is 0.181. The van der Waals surface area contributed by atoms with Gasteiger partial charge >= 0.3 is 5.97 Å². The maximum Gasteiger partial charge on any atom is 0.315 e. The van der Waals surface area contributed by atoms with Gasteiger partial charge in [0.1, 0.15) is 16.6 Å². The van der Waals surface area contributed by atoms with Crippen molar-refractivity contribution < 1.29 is 27.9 Å². The molecule has 1 aromatic rings. The van der Waals surface area contributed by atoms with E-state index in [4.69, 9.17) is 9.84 Å². The Balaban J connectivity index is 2.28. The smallest absolute Gasteiger partial charge is 0.315 e. The van der Waals surface area contributed by atoms with Crippen molar-refractivity contribution in [2.45, 2.75) is 30.7 Å². The average Bonchev–Trinajstić information content (AvgIpc) is 3.29. The standard InChI is InChI=1S/C14H18N2O6S/c1-8(14(18)19)13(17)15-10-5-6-11(22-2)12(7-10)23(20,21)16-9-3-4-9/h5-9,16H,3-4H2,1-2H3,(H,15,17)(H,18,19). The lowest BCUT2D eigenvalue weighted by Gasteiger charge is -2.13. The summed E-state index contributed by atoms with van der Waals surface area (Å²) in [6.45, 7) is 1.24. The maximum atomic E-state index is 12.3. The minimum atomic E-state index is -3.78. The number of methoxy groups -OCH3 is 1. The van der Waals surface area contributed by atoms with Crippen molar-refractivity contribution in [2.75, 3.05) is 12.4 Å². The minimum Gasteiger partial charge on any atom is -0.495 e. The fourth-order valence-corrected chi connectivity index (χ4v) is 3.31. The molecule has 1 fully saturated rings. The van der Waals surface area contributed by atoms with E-state index in [9.17, 15) is 18.0 Å². The number of benzene rings is 1. The molecule has 0 saturated heterocycles. The normalized spacial score (nSPS) is 15.7. The SMILES string of the molecule is COc1ccc(NC(=O)C(C)C(=O)O)cc1S(=O)(=O)NC1CC1. The number of anilines is 1. The molecule has 9 heteroatoms. The quantitative estimate of drug-likeness (QED) is 0.630. The highest BCUT2D eigenvalue weighted by Crippen LogP contribution is 2.29. The Labute approximate surface area is 133 Å². The van der Waals surface area contributed by atoms with Crippen LogP contribution in [0.4, 0.5) is 5.69 Å². The first kappa shape index (κ1) is 17.2. The Morgan fingerprint density at radius 2 is 2.00 bits per heavy atom. The van der Waals surface area contributed by atoms with Crippen LogP contribution in [-0.4, -0.2) is 38.6 Å². The monoisotopic (exact) mass is 342 g/mol. The Hall–Kier alpha value is -2.13. The van der Waals surface area contributed by atoms with Gasteiger partial charge in [-0.3, -0.25) is 9.59 Å². The summed E-state index contributed by atoms with van der Waals surface area (Å²) in [4.78, 5) is 22.5. The molecule has 0 heterocycles. The largest absolute Gasteiger partial charge is 0.495 e. The van der Waals surface area contributed by atoms with E-state index in [2.05, 4.69) is 10.0 Å². The number of ether oxygens (including phenoxy) is 1. The molecule has 8 nitrogen and oxygen atoms in total. The summed E-state index contributed by atoms with van der Waals surface area (Å²) in [7, 11) is -2.43. The summed E-state index contributed by atoms with van der Waals surface area (Å²) < 4.78 is 32.3. The van der Waals surface area contributed by atoms with Gasteiger partial charge in [0.2, 0.25) is 15.9 Å². The zero-order valence-electron chi connectivity index (χ0n) is 12.7. The predicted octanol–water partition coefficient (Wildman–Crippen LogP) is 0.795. The number of carbonyl (C=O) groups is 2. The van der Waals surface area contributed by atoms with Crippen LogP contribution >= 0.6 is 0 Å². The molecular weight excluding hydrogens is 324 g/mol. The molecule has 1 saturated carbocycles. The number of carboxylic acids is 1. The predicted molar refractivity (Wildman–Crippen MR) is 81.8 cm³/mol. The van der Waals surface area contributed by atoms with Gasteiger partial charge in [-0.25, -0.2) is 13.1 Å². The molecular formula is C14H18N2O6S. The zero-order valence-corrected chi connectivity index (χ0v) is 13.5. The Morgan fingerprint density at radius 1 is 1.35 bits per heavy atom. The number of rotatable bonds is 7. The van der Waals surface area contributed by atoms with E-state index >= 15 is 0 Å². The summed E-state index contributed by atoms with van der Waals surface area (Å²) in [5.74, 6) is -3.11. The van der Waals surface area contributed by atoms with Gasteiger partial charge in [-0.05, 0) is 38.0 Å². The highest BCUT2D eigenvalue weighted by Gasteiger charge is 2.30. The van der Waals surface area contributed by atoms with Crippen LogP contribution in [0.2, 0.25) is 0 Å². The van der Waals surface area contributed by atoms with Gasteiger partial charge in [-0.15, -0.1) is 0 Å². The Bertz CT molecular complexity index is 727. The van der Waals surface area contributed by atoms with E-state index in [1.165, 1.54) is 32.2 Å². The maximum absolute atomic E-state index is 12.3. The number of sulfonamides is 1. The van der Waals surface area contributed by atoms with Gasteiger partial charge in [0, 0.05) is 11.7 Å². The van der Waals surface area contributed by atoms with Crippen molar-refractivity contribution in [1.29, 1.82) is 0 Å². The Morgan fingerprint density at radius 3 is 2.52 bits per heavy atom. The van der Waals surface area contributed by atoms with Crippen LogP contribution in [0.5, 0.6) is 5.75 Å². The summed E-state index contributed by atoms with van der Waals surface area (Å²) >= 11 is 0. The number of hydrogen-bond donors (Lipinski definition) is 3. The summed E-state index contributed by atoms with van der Waals surface area (Å²) in [6.07, 6.45) is 1.57. The molecule has 2 rings (SSSR count). The summed E-state index contributed by atoms with van der Waals surface area (Å²) in [5, 5.41) is 11.2. The molecule has 0 aliphatic heterocycles. The minimum absolute atomic E-state index is 0.0741. The van der Waals surface area contributed by atoms with E-state index in [0.29, 0.717) is 0 Å². The van der Waals surface area contributed by atoms with Crippen molar-refractivity contribution in [3.8, 4) is 5.75 Å². The molecule has 1 unspecified atom stereocenters. The number of amides is 1. The number of hydrogen-bond acceptors (Lipinski definition) is 5. The third kappa shape index (κ3) is 4.20. The van der Waals surface area contributed by atoms with Crippen LogP contribution in [0.25, 0.3) is 0 Å². The van der Waals surface area contributed by atoms with Crippen LogP contribution in [0.1, 0.15) is 19.8 Å². The molecule has 1 aliphatic rings. The number of aliphatic carboxylic acids is 1. The Kier molecular flexibility index (Phi) is 4.90. The van der Waals surface area contributed by atoms with Crippen molar-refractivity contribution in [1.82, 2.24) is 4.72 Å². The van der Waals surface area contributed by atoms with Crippen LogP contribution in [0.3, 0.4) is 0 Å². The number of nitrogens with one attached hydrogen (secondary N) is 2. The lowest BCUT2D eigenvalue weighted by atomic mass is 10.1. The van der Waals surface area contributed by atoms with Crippen molar-refractivity contribution in [3.63, 3.8) is 0 Å². The molecule has 3 N–H and O–H groups in total. The first-order valence-corrected chi connectivity index (χ1v) is 8.47. The molecule has 0 spiro atoms. The molecule has 1 aromatic carbocycles. The molecule has 0 aromatic heterocycles. The molecule has 126 valence electrons. The van der Waals surface area contributed by atoms with E-state index in [1.54, 1.807) is 0 Å². The first-order valence-electron chi connectivity index (χ1n) is 6.98. The van der Waals surface area contributed by atoms with Crippen LogP contribution in [-0.2, 0) is 19.6 Å². The van der Waals surface area contributed by atoms with Crippen molar-refractivity contribution in [2.24, 2.45) is 5.92 Å². The second-order valence-corrected chi connectivity index (χ2v) is 6.99. The fraction of sp³-hybridized carbons (Fsp3) is 0.429. The topological polar surface area (TPSA) is 122 Å². The molecule has 1 atom stereocenters. The van der Waals surface area contributed by atoms with Crippen LogP contribution < -0.4 is 14.8 Å². The van der Waals surface area contributed by atoms with Gasteiger partial charge in [-0.1, -0.05) is 0 Å². The van der Waals surface area contributed by atoms with E-state index in [0.717, 1.165) is 12.8 Å². The second-order valence-electron chi connectivity index (χ2n) is 5.31. The fourth-order valence-electron chi connectivity index (χ4n) is 1.81. The molecule has 1 amide bonds. The lowest BCUT2D eigenvalue weighted by Crippen LogP contribution is -2.28. The molecule has 0 bridgehead atoms. The summed E-state index contributed by atoms with van der Waals surface area (Å²) in [6, 6.07) is 4.02. The van der Waals surface area contributed by atoms with Gasteiger partial charge in [0.25, 0.3) is 0 Å². The van der Waals surface area contributed by atoms with Crippen molar-refractivity contribution in [3.05, 3.63) is 18.2 Å². The van der Waals surface area contributed by atoms with Gasteiger partial charge in [0.05, 0.1) is 7.11 Å². The highest BCUT2D eigenvalue weighted by molar-refractivity contribution is 7.89. The third-order valence-corrected chi connectivity index (χ3v) is 4.93. The van der Waals surface area contributed by atoms with Gasteiger partial charge < -0.3 is 15.2 Å². The lowest BCUT2D eigenvalue weighted by molar-refractivity contribution is -0.144. The third-order valence-electron chi connectivity index (χ3n) is 3.38. The van der Waals surface area contributed by atoms with Crippen LogP contribution in [0.15, 0.2) is 23.1 Å². The zero-order chi connectivity index (χ0) is 17.2. The second kappa shape index (κ2) is 6.55. The number of carboxylic acid groups (broad SMARTS) is 1. The highest BCUT2D eigenvalue weighted by atomic mass is 32.2. The van der Waals surface area contributed by atoms with Crippen LogP contribution in [0, 0.1) is 5.92 Å². The molecule has 0 radical (unpaired) electrons. The van der Waals surface area contributed by atoms with Crippen molar-refractivity contribution >= 4 is 27.6 Å². The number of carbonyl (C=O) groups excluding carboxylic acids is 1. The van der Waals surface area contributed by atoms with Gasteiger partial charge in [-0.2, -0.15) is 0 Å². The average molecular weight is 342 g/mol. The van der Waals surface area contributed by atoms with E-state index < -0.39 is 27.8 Å². The molecule has 1 aliphatic carbocycles. The van der Waals surface area contributed by atoms with E-state index in [-0.39, 0.29) is 22.4 Å². The van der Waals surface area contributed by atoms with E-state index in [1.807, 2.05) is 0 Å². The first-order chi connectivity index (χ1) is 10.7. The van der Waals surface area contributed by atoms with Gasteiger partial charge in [0.15, 0.2) is 0 Å².